The van der Waals surface area contributed by atoms with Crippen LogP contribution < -0.4 is 10.2 Å². The second kappa shape index (κ2) is 10.7. The molecule has 0 bridgehead atoms. The molecule has 4 aromatic rings. The van der Waals surface area contributed by atoms with Crippen LogP contribution in [-0.2, 0) is 4.79 Å². The third-order valence-corrected chi connectivity index (χ3v) is 7.24. The zero-order chi connectivity index (χ0) is 27.7. The fourth-order valence-electron chi connectivity index (χ4n) is 5.07. The highest BCUT2D eigenvalue weighted by Gasteiger charge is 2.30. The van der Waals surface area contributed by atoms with Gasteiger partial charge in [-0.2, -0.15) is 0 Å². The SMILES string of the molecule is COc1ccc([C@H](CC(=O)N2CCN(C)CC2)c2c(O)cc(O)c3c(=O)cc(-c4ccccc4)oc23)cc1O. The molecular formula is C30H30N2O7. The molecule has 0 saturated carbocycles. The lowest BCUT2D eigenvalue weighted by atomic mass is 9.85. The lowest BCUT2D eigenvalue weighted by Crippen LogP contribution is -2.47. The maximum atomic E-state index is 13.5. The summed E-state index contributed by atoms with van der Waals surface area (Å²) >= 11 is 0. The van der Waals surface area contributed by atoms with E-state index < -0.39 is 17.1 Å². The largest absolute Gasteiger partial charge is 0.507 e. The van der Waals surface area contributed by atoms with Crippen molar-refractivity contribution in [1.82, 2.24) is 9.80 Å². The molecule has 1 aromatic heterocycles. The van der Waals surface area contributed by atoms with E-state index >= 15 is 0 Å². The van der Waals surface area contributed by atoms with Gasteiger partial charge in [-0.05, 0) is 24.7 Å². The summed E-state index contributed by atoms with van der Waals surface area (Å²) in [6.45, 7) is 2.60. The number of aromatic hydroxyl groups is 3. The monoisotopic (exact) mass is 530 g/mol. The molecule has 1 saturated heterocycles. The number of hydrogen-bond acceptors (Lipinski definition) is 8. The van der Waals surface area contributed by atoms with E-state index in [1.807, 2.05) is 13.1 Å². The molecule has 5 rings (SSSR count). The van der Waals surface area contributed by atoms with Crippen LogP contribution in [0.2, 0.25) is 0 Å². The van der Waals surface area contributed by atoms with Crippen molar-refractivity contribution in [2.45, 2.75) is 12.3 Å². The molecule has 0 radical (unpaired) electrons. The Morgan fingerprint density at radius 3 is 2.33 bits per heavy atom. The molecule has 39 heavy (non-hydrogen) atoms. The van der Waals surface area contributed by atoms with Crippen molar-refractivity contribution in [3.8, 4) is 34.3 Å². The van der Waals surface area contributed by atoms with Crippen molar-refractivity contribution in [1.29, 1.82) is 0 Å². The molecule has 1 aliphatic heterocycles. The van der Waals surface area contributed by atoms with Gasteiger partial charge in [-0.3, -0.25) is 9.59 Å². The number of likely N-dealkylation sites (N-methyl/N-ethyl adjacent to an activating group) is 1. The zero-order valence-corrected chi connectivity index (χ0v) is 21.8. The standard InChI is InChI=1S/C30H30N2O7/c1-31-10-12-32(13-11-31)27(37)15-20(19-8-9-25(38-2)21(33)14-19)28-22(34)16-23(35)29-24(36)17-26(39-30(28)29)18-6-4-3-5-7-18/h3-9,14,16-17,20,33-35H,10-13,15H2,1-2H3/t20-/m0/s1. The van der Waals surface area contributed by atoms with E-state index in [4.69, 9.17) is 9.15 Å². The second-order valence-electron chi connectivity index (χ2n) is 9.75. The molecule has 2 heterocycles. The van der Waals surface area contributed by atoms with Crippen LogP contribution in [0.25, 0.3) is 22.3 Å². The number of ether oxygens (including phenoxy) is 1. The predicted molar refractivity (Wildman–Crippen MR) is 146 cm³/mol. The highest BCUT2D eigenvalue weighted by molar-refractivity contribution is 5.91. The number of rotatable bonds is 6. The van der Waals surface area contributed by atoms with Crippen LogP contribution in [0.1, 0.15) is 23.5 Å². The van der Waals surface area contributed by atoms with Crippen LogP contribution in [0.3, 0.4) is 0 Å². The third-order valence-electron chi connectivity index (χ3n) is 7.24. The number of nitrogens with zero attached hydrogens (tertiary/aromatic N) is 2. The number of carbonyl (C=O) groups excluding carboxylic acids is 1. The minimum absolute atomic E-state index is 0.0228. The van der Waals surface area contributed by atoms with Gasteiger partial charge in [0.1, 0.15) is 28.2 Å². The molecule has 9 heteroatoms. The van der Waals surface area contributed by atoms with Crippen LogP contribution in [0.15, 0.2) is 69.9 Å². The van der Waals surface area contributed by atoms with Crippen molar-refractivity contribution in [3.05, 3.63) is 82.0 Å². The van der Waals surface area contributed by atoms with Gasteiger partial charge in [0.2, 0.25) is 5.91 Å². The fraction of sp³-hybridized carbons (Fsp3) is 0.267. The molecule has 3 N–H and O–H groups in total. The van der Waals surface area contributed by atoms with E-state index in [0.717, 1.165) is 19.2 Å². The van der Waals surface area contributed by atoms with E-state index in [9.17, 15) is 24.9 Å². The summed E-state index contributed by atoms with van der Waals surface area (Å²) in [5.74, 6) is -1.36. The summed E-state index contributed by atoms with van der Waals surface area (Å²) in [5, 5.41) is 32.3. The minimum atomic E-state index is -0.814. The van der Waals surface area contributed by atoms with Crippen LogP contribution in [-0.4, -0.2) is 71.4 Å². The summed E-state index contributed by atoms with van der Waals surface area (Å²) in [5.41, 5.74) is 0.800. The number of piperazine rings is 1. The quantitative estimate of drug-likeness (QED) is 0.343. The Labute approximate surface area is 225 Å². The molecular weight excluding hydrogens is 500 g/mol. The van der Waals surface area contributed by atoms with Gasteiger partial charge in [0.25, 0.3) is 0 Å². The van der Waals surface area contributed by atoms with Crippen molar-refractivity contribution >= 4 is 16.9 Å². The van der Waals surface area contributed by atoms with Gasteiger partial charge in [-0.25, -0.2) is 0 Å². The number of hydrogen-bond donors (Lipinski definition) is 3. The first-order valence-electron chi connectivity index (χ1n) is 12.7. The average molecular weight is 531 g/mol. The van der Waals surface area contributed by atoms with Crippen LogP contribution in [0, 0.1) is 0 Å². The Balaban J connectivity index is 1.71. The van der Waals surface area contributed by atoms with Crippen molar-refractivity contribution < 1.29 is 29.3 Å². The van der Waals surface area contributed by atoms with Gasteiger partial charge in [0, 0.05) is 61.8 Å². The summed E-state index contributed by atoms with van der Waals surface area (Å²) in [6.07, 6.45) is -0.0673. The number of phenolic OH excluding ortho intramolecular Hbond substituents is 3. The van der Waals surface area contributed by atoms with E-state index in [-0.39, 0.29) is 51.9 Å². The van der Waals surface area contributed by atoms with E-state index in [1.165, 1.54) is 19.2 Å². The maximum absolute atomic E-state index is 13.5. The zero-order valence-electron chi connectivity index (χ0n) is 21.8. The van der Waals surface area contributed by atoms with Crippen molar-refractivity contribution in [2.24, 2.45) is 0 Å². The van der Waals surface area contributed by atoms with Crippen LogP contribution in [0.4, 0.5) is 0 Å². The molecule has 1 atom stereocenters. The maximum Gasteiger partial charge on any atom is 0.223 e. The first-order chi connectivity index (χ1) is 18.8. The third kappa shape index (κ3) is 5.13. The highest BCUT2D eigenvalue weighted by atomic mass is 16.5. The molecule has 0 spiro atoms. The Bertz CT molecular complexity index is 1570. The van der Waals surface area contributed by atoms with E-state index in [2.05, 4.69) is 4.90 Å². The first kappa shape index (κ1) is 26.1. The van der Waals surface area contributed by atoms with Gasteiger partial charge in [0.05, 0.1) is 7.11 Å². The normalized spacial score (nSPS) is 14.9. The predicted octanol–water partition coefficient (Wildman–Crippen LogP) is 3.88. The Morgan fingerprint density at radius 2 is 1.67 bits per heavy atom. The molecule has 0 unspecified atom stereocenters. The molecule has 1 fully saturated rings. The Hall–Kier alpha value is -4.50. The summed E-state index contributed by atoms with van der Waals surface area (Å²) < 4.78 is 11.4. The molecule has 9 nitrogen and oxygen atoms in total. The second-order valence-corrected chi connectivity index (χ2v) is 9.75. The molecule has 1 aliphatic rings. The van der Waals surface area contributed by atoms with Gasteiger partial charge in [-0.15, -0.1) is 0 Å². The molecule has 0 aliphatic carbocycles. The van der Waals surface area contributed by atoms with Gasteiger partial charge in [-0.1, -0.05) is 36.4 Å². The number of benzene rings is 3. The van der Waals surface area contributed by atoms with Gasteiger partial charge in [0.15, 0.2) is 16.9 Å². The molecule has 1 amide bonds. The lowest BCUT2D eigenvalue weighted by Gasteiger charge is -2.33. The average Bonchev–Trinajstić information content (AvgIpc) is 2.92. The number of methoxy groups -OCH3 is 1. The van der Waals surface area contributed by atoms with Crippen LogP contribution in [0.5, 0.6) is 23.0 Å². The van der Waals surface area contributed by atoms with E-state index in [0.29, 0.717) is 24.2 Å². The minimum Gasteiger partial charge on any atom is -0.507 e. The number of phenols is 3. The van der Waals surface area contributed by atoms with Crippen LogP contribution >= 0.6 is 0 Å². The van der Waals surface area contributed by atoms with Crippen molar-refractivity contribution in [3.63, 3.8) is 0 Å². The lowest BCUT2D eigenvalue weighted by molar-refractivity contribution is -0.133. The molecule has 202 valence electrons. The van der Waals surface area contributed by atoms with E-state index in [1.54, 1.807) is 41.3 Å². The van der Waals surface area contributed by atoms with Crippen molar-refractivity contribution in [2.75, 3.05) is 40.3 Å². The number of fused-ring (bicyclic) bond motifs is 1. The van der Waals surface area contributed by atoms with Gasteiger partial charge >= 0.3 is 0 Å². The summed E-state index contributed by atoms with van der Waals surface area (Å²) in [6, 6.07) is 16.1. The number of carbonyl (C=O) groups is 1. The smallest absolute Gasteiger partial charge is 0.223 e. The summed E-state index contributed by atoms with van der Waals surface area (Å²) in [7, 11) is 3.43. The summed E-state index contributed by atoms with van der Waals surface area (Å²) in [4.78, 5) is 30.7. The van der Waals surface area contributed by atoms with Gasteiger partial charge < -0.3 is 34.3 Å². The molecule has 3 aromatic carbocycles. The topological polar surface area (TPSA) is 124 Å². The highest BCUT2D eigenvalue weighted by Crippen LogP contribution is 2.44. The fourth-order valence-corrected chi connectivity index (χ4v) is 5.07. The Morgan fingerprint density at radius 1 is 0.949 bits per heavy atom. The Kier molecular flexibility index (Phi) is 7.17. The first-order valence-corrected chi connectivity index (χ1v) is 12.7. The number of amides is 1.